The van der Waals surface area contributed by atoms with E-state index in [-0.39, 0.29) is 11.8 Å². The number of fused-ring (bicyclic) bond motifs is 9. The molecule has 13 rings (SSSR count). The van der Waals surface area contributed by atoms with Crippen molar-refractivity contribution in [1.29, 1.82) is 0 Å². The van der Waals surface area contributed by atoms with E-state index >= 15 is 0 Å². The van der Waals surface area contributed by atoms with E-state index in [1.165, 1.54) is 121 Å². The first-order valence-electron chi connectivity index (χ1n) is 20.8. The summed E-state index contributed by atoms with van der Waals surface area (Å²) in [5.74, 6) is 0.569. The van der Waals surface area contributed by atoms with Crippen molar-refractivity contribution in [1.82, 2.24) is 0 Å². The largest absolute Gasteiger partial charge is 0.0842 e. The van der Waals surface area contributed by atoms with Crippen LogP contribution < -0.4 is 0 Å². The van der Waals surface area contributed by atoms with Crippen molar-refractivity contribution in [2.45, 2.75) is 12.8 Å². The molecule has 8 aromatic carbocycles. The maximum absolute atomic E-state index is 2.55. The fourth-order valence-corrected chi connectivity index (χ4v) is 11.2. The lowest BCUT2D eigenvalue weighted by atomic mass is 9.72. The maximum Gasteiger partial charge on any atom is 0.0212 e. The van der Waals surface area contributed by atoms with Gasteiger partial charge in [0.2, 0.25) is 0 Å². The molecule has 0 spiro atoms. The topological polar surface area (TPSA) is 0 Å². The Morgan fingerprint density at radius 2 is 0.948 bits per heavy atom. The average molecular weight is 735 g/mol. The first-order valence-corrected chi connectivity index (χ1v) is 20.8. The van der Waals surface area contributed by atoms with Crippen LogP contribution in [-0.4, -0.2) is 0 Å². The van der Waals surface area contributed by atoms with Crippen molar-refractivity contribution in [3.05, 3.63) is 222 Å². The van der Waals surface area contributed by atoms with Gasteiger partial charge in [0, 0.05) is 11.8 Å². The van der Waals surface area contributed by atoms with E-state index in [1.807, 2.05) is 0 Å². The summed E-state index contributed by atoms with van der Waals surface area (Å²) in [5, 5.41) is 7.86. The summed E-state index contributed by atoms with van der Waals surface area (Å²) in [5.41, 5.74) is 22.0. The summed E-state index contributed by atoms with van der Waals surface area (Å²) in [7, 11) is 0. The standard InChI is InChI=1S/C58H38/c1-3-14-35(15-4-1)37-20-13-21-40(30-37)54-43-23-9-8-19-39(43)32-53-48-27-26-46-51-33-41-31-38-18-7-10-24-44(38)55(45-25-12-11-22-42(45)36-16-5-2-6-17-36)50(41)34-52(51)47-28-29-49(58(53)54)57(48)56(46)47/h1-5,7-16,18-34,56-57H,6,17H2. The number of hydrogen-bond acceptors (Lipinski definition) is 0. The highest BCUT2D eigenvalue weighted by molar-refractivity contribution is 6.19. The van der Waals surface area contributed by atoms with Crippen LogP contribution in [0.5, 0.6) is 0 Å². The molecular formula is C58H38. The number of allylic oxidation sites excluding steroid dienone is 12. The molecule has 0 radical (unpaired) electrons. The minimum atomic E-state index is 0.281. The van der Waals surface area contributed by atoms with Gasteiger partial charge in [0.25, 0.3) is 0 Å². The van der Waals surface area contributed by atoms with Crippen molar-refractivity contribution in [2.24, 2.45) is 11.8 Å². The van der Waals surface area contributed by atoms with Crippen LogP contribution in [-0.2, 0) is 0 Å². The molecule has 0 aliphatic heterocycles. The van der Waals surface area contributed by atoms with Gasteiger partial charge >= 0.3 is 0 Å². The lowest BCUT2D eigenvalue weighted by Crippen LogP contribution is -2.17. The van der Waals surface area contributed by atoms with E-state index in [1.54, 1.807) is 0 Å². The highest BCUT2D eigenvalue weighted by Crippen LogP contribution is 2.65. The molecule has 270 valence electrons. The number of benzene rings is 8. The van der Waals surface area contributed by atoms with E-state index in [9.17, 15) is 0 Å². The van der Waals surface area contributed by atoms with Crippen LogP contribution in [0.3, 0.4) is 0 Å². The zero-order chi connectivity index (χ0) is 37.9. The van der Waals surface area contributed by atoms with E-state index in [0.717, 1.165) is 12.8 Å². The molecule has 5 aliphatic rings. The van der Waals surface area contributed by atoms with Crippen molar-refractivity contribution in [3.8, 4) is 33.4 Å². The van der Waals surface area contributed by atoms with Gasteiger partial charge < -0.3 is 0 Å². The van der Waals surface area contributed by atoms with Crippen LogP contribution in [0, 0.1) is 11.8 Å². The molecule has 0 aromatic heterocycles. The molecule has 0 bridgehead atoms. The molecule has 0 saturated carbocycles. The van der Waals surface area contributed by atoms with Gasteiger partial charge in [0.05, 0.1) is 0 Å². The summed E-state index contributed by atoms with van der Waals surface area (Å²) in [6.45, 7) is 0. The quantitative estimate of drug-likeness (QED) is 0.158. The Hall–Kier alpha value is -7.02. The summed E-state index contributed by atoms with van der Waals surface area (Å²) < 4.78 is 0. The van der Waals surface area contributed by atoms with E-state index < -0.39 is 0 Å². The molecule has 58 heavy (non-hydrogen) atoms. The van der Waals surface area contributed by atoms with Gasteiger partial charge in [-0.15, -0.1) is 0 Å². The summed E-state index contributed by atoms with van der Waals surface area (Å²) in [4.78, 5) is 0. The van der Waals surface area contributed by atoms with Crippen LogP contribution in [0.1, 0.15) is 40.7 Å². The van der Waals surface area contributed by atoms with Crippen LogP contribution in [0.15, 0.2) is 194 Å². The van der Waals surface area contributed by atoms with Gasteiger partial charge in [-0.2, -0.15) is 0 Å². The Morgan fingerprint density at radius 1 is 0.345 bits per heavy atom. The molecule has 0 nitrogen and oxygen atoms in total. The van der Waals surface area contributed by atoms with E-state index in [0.29, 0.717) is 0 Å². The molecule has 0 fully saturated rings. The SMILES string of the molecule is C1=CCCC(c2ccccc2-c2c3ccccc3cc3cc4c(cc23)C2=CC=C3c5c(cc6ccccc6c5-c5cccc(-c6ccccc6)c5)C5=CC=C4C2C53)=C1. The minimum Gasteiger partial charge on any atom is -0.0842 e. The van der Waals surface area contributed by atoms with Crippen LogP contribution in [0.2, 0.25) is 0 Å². The predicted molar refractivity (Wildman–Crippen MR) is 247 cm³/mol. The van der Waals surface area contributed by atoms with Gasteiger partial charge in [-0.3, -0.25) is 0 Å². The molecule has 2 atom stereocenters. The van der Waals surface area contributed by atoms with Gasteiger partial charge in [0.15, 0.2) is 0 Å². The first-order chi connectivity index (χ1) is 28.8. The zero-order valence-corrected chi connectivity index (χ0v) is 32.0. The van der Waals surface area contributed by atoms with Crippen LogP contribution in [0.4, 0.5) is 0 Å². The van der Waals surface area contributed by atoms with Gasteiger partial charge in [0.1, 0.15) is 0 Å². The number of rotatable bonds is 4. The molecule has 0 heterocycles. The van der Waals surface area contributed by atoms with Crippen molar-refractivity contribution in [2.75, 3.05) is 0 Å². The predicted octanol–water partition coefficient (Wildman–Crippen LogP) is 15.4. The highest BCUT2D eigenvalue weighted by Gasteiger charge is 2.48. The van der Waals surface area contributed by atoms with Crippen LogP contribution in [0.25, 0.3) is 93.6 Å². The second kappa shape index (κ2) is 12.2. The third-order valence-electron chi connectivity index (χ3n) is 13.6. The monoisotopic (exact) mass is 734 g/mol. The summed E-state index contributed by atoms with van der Waals surface area (Å²) in [6, 6.07) is 57.1. The molecular weight excluding hydrogens is 697 g/mol. The average Bonchev–Trinajstić information content (AvgIpc) is 3.78. The smallest absolute Gasteiger partial charge is 0.0212 e. The van der Waals surface area contributed by atoms with Crippen molar-refractivity contribution in [3.63, 3.8) is 0 Å². The van der Waals surface area contributed by atoms with Gasteiger partial charge in [-0.05, 0) is 165 Å². The normalized spacial score (nSPS) is 18.3. The molecule has 0 amide bonds. The molecule has 8 aromatic rings. The Morgan fingerprint density at radius 3 is 1.74 bits per heavy atom. The number of hydrogen-bond donors (Lipinski definition) is 0. The second-order valence-corrected chi connectivity index (χ2v) is 16.6. The zero-order valence-electron chi connectivity index (χ0n) is 32.0. The second-order valence-electron chi connectivity index (χ2n) is 16.6. The van der Waals surface area contributed by atoms with E-state index in [2.05, 4.69) is 194 Å². The lowest BCUT2D eigenvalue weighted by Gasteiger charge is -2.30. The van der Waals surface area contributed by atoms with Gasteiger partial charge in [-0.25, -0.2) is 0 Å². The summed E-state index contributed by atoms with van der Waals surface area (Å²) >= 11 is 0. The Labute approximate surface area is 338 Å². The molecule has 0 heteroatoms. The van der Waals surface area contributed by atoms with Crippen molar-refractivity contribution < 1.29 is 0 Å². The molecule has 0 N–H and O–H groups in total. The third kappa shape index (κ3) is 4.52. The Kier molecular flexibility index (Phi) is 6.77. The molecule has 0 saturated heterocycles. The summed E-state index contributed by atoms with van der Waals surface area (Å²) in [6.07, 6.45) is 18.9. The fourth-order valence-electron chi connectivity index (χ4n) is 11.2. The third-order valence-corrected chi connectivity index (χ3v) is 13.6. The highest BCUT2D eigenvalue weighted by atomic mass is 14.5. The Balaban J connectivity index is 1.03. The molecule has 2 unspecified atom stereocenters. The fraction of sp³-hybridized carbons (Fsp3) is 0.0690. The van der Waals surface area contributed by atoms with Crippen molar-refractivity contribution >= 4 is 60.2 Å². The minimum absolute atomic E-state index is 0.281. The van der Waals surface area contributed by atoms with Gasteiger partial charge in [-0.1, -0.05) is 164 Å². The van der Waals surface area contributed by atoms with E-state index in [4.69, 9.17) is 0 Å². The lowest BCUT2D eigenvalue weighted by molar-refractivity contribution is 0.758. The Bertz CT molecular complexity index is 3320. The molecule has 5 aliphatic carbocycles. The first kappa shape index (κ1) is 32.1. The maximum atomic E-state index is 2.55. The van der Waals surface area contributed by atoms with Crippen LogP contribution >= 0.6 is 0 Å².